The Morgan fingerprint density at radius 3 is 2.52 bits per heavy atom. The summed E-state index contributed by atoms with van der Waals surface area (Å²) in [6.45, 7) is 0. The molecule has 0 aromatic heterocycles. The molecule has 5 nitrogen and oxygen atoms in total. The first-order valence-corrected chi connectivity index (χ1v) is 6.67. The molecule has 0 spiro atoms. The number of nitrogens with one attached hydrogen (secondary N) is 3. The third-order valence-electron chi connectivity index (χ3n) is 3.48. The quantitative estimate of drug-likeness (QED) is 0.807. The third-order valence-corrected chi connectivity index (χ3v) is 3.48. The smallest absolute Gasteiger partial charge is 0.251 e. The molecular weight excluding hydrogens is 266 g/mol. The highest BCUT2D eigenvalue weighted by molar-refractivity contribution is 6.04. The number of anilines is 2. The lowest BCUT2D eigenvalue weighted by Gasteiger charge is -2.13. The maximum atomic E-state index is 12.0. The molecule has 2 aromatic carbocycles. The van der Waals surface area contributed by atoms with Gasteiger partial charge in [0.15, 0.2) is 0 Å². The molecule has 2 aromatic rings. The molecule has 21 heavy (non-hydrogen) atoms. The maximum absolute atomic E-state index is 12.0. The van der Waals surface area contributed by atoms with Crippen LogP contribution in [0.15, 0.2) is 48.5 Å². The largest absolute Gasteiger partial charge is 0.370 e. The zero-order valence-electron chi connectivity index (χ0n) is 11.5. The molecule has 1 unspecified atom stereocenters. The average Bonchev–Trinajstić information content (AvgIpc) is 2.83. The molecule has 0 saturated carbocycles. The van der Waals surface area contributed by atoms with Crippen molar-refractivity contribution in [1.29, 1.82) is 0 Å². The second-order valence-electron chi connectivity index (χ2n) is 4.81. The minimum atomic E-state index is -0.410. The van der Waals surface area contributed by atoms with Crippen LogP contribution in [0, 0.1) is 0 Å². The van der Waals surface area contributed by atoms with Gasteiger partial charge in [-0.1, -0.05) is 18.2 Å². The van der Waals surface area contributed by atoms with E-state index in [0.717, 1.165) is 16.9 Å². The minimum absolute atomic E-state index is 0.0772. The van der Waals surface area contributed by atoms with E-state index in [2.05, 4.69) is 16.0 Å². The first-order chi connectivity index (χ1) is 10.2. The lowest BCUT2D eigenvalue weighted by Crippen LogP contribution is -2.20. The predicted molar refractivity (Wildman–Crippen MR) is 81.3 cm³/mol. The molecular formula is C16H15N3O2. The predicted octanol–water partition coefficient (Wildman–Crippen LogP) is 2.15. The van der Waals surface area contributed by atoms with Crippen molar-refractivity contribution in [2.75, 3.05) is 17.7 Å². The van der Waals surface area contributed by atoms with Gasteiger partial charge in [-0.05, 0) is 30.3 Å². The van der Waals surface area contributed by atoms with Gasteiger partial charge in [-0.3, -0.25) is 9.59 Å². The Hall–Kier alpha value is -2.82. The number of benzene rings is 2. The summed E-state index contributed by atoms with van der Waals surface area (Å²) in [5.41, 5.74) is 3.14. The Kier molecular flexibility index (Phi) is 3.31. The van der Waals surface area contributed by atoms with Crippen LogP contribution in [0.5, 0.6) is 0 Å². The molecule has 1 heterocycles. The molecule has 3 N–H and O–H groups in total. The van der Waals surface area contributed by atoms with Gasteiger partial charge in [0, 0.05) is 29.5 Å². The number of fused-ring (bicyclic) bond motifs is 1. The Labute approximate surface area is 122 Å². The normalized spacial score (nSPS) is 16.0. The van der Waals surface area contributed by atoms with Gasteiger partial charge in [0.2, 0.25) is 0 Å². The van der Waals surface area contributed by atoms with Crippen LogP contribution in [0.3, 0.4) is 0 Å². The SMILES string of the molecule is CNC(=O)c1ccc(NC2C(=O)Nc3ccccc32)cc1. The fourth-order valence-electron chi connectivity index (χ4n) is 2.38. The Bertz CT molecular complexity index is 695. The van der Waals surface area contributed by atoms with Crippen molar-refractivity contribution in [2.24, 2.45) is 0 Å². The lowest BCUT2D eigenvalue weighted by molar-refractivity contribution is -0.116. The summed E-state index contributed by atoms with van der Waals surface area (Å²) in [6.07, 6.45) is 0. The van der Waals surface area contributed by atoms with Gasteiger partial charge in [0.1, 0.15) is 6.04 Å². The standard InChI is InChI=1S/C16H15N3O2/c1-17-15(20)10-6-8-11(9-7-10)18-14-12-4-2-3-5-13(12)19-16(14)21/h2-9,14,18H,1H3,(H,17,20)(H,19,21). The van der Waals surface area contributed by atoms with Gasteiger partial charge in [0.25, 0.3) is 11.8 Å². The second kappa shape index (κ2) is 5.28. The summed E-state index contributed by atoms with van der Waals surface area (Å²) in [5.74, 6) is -0.211. The monoisotopic (exact) mass is 281 g/mol. The van der Waals surface area contributed by atoms with E-state index in [-0.39, 0.29) is 11.8 Å². The molecule has 0 radical (unpaired) electrons. The molecule has 0 saturated heterocycles. The number of carbonyl (C=O) groups excluding carboxylic acids is 2. The summed E-state index contributed by atoms with van der Waals surface area (Å²) in [6, 6.07) is 14.2. The van der Waals surface area contributed by atoms with Gasteiger partial charge in [-0.15, -0.1) is 0 Å². The van der Waals surface area contributed by atoms with E-state index in [1.807, 2.05) is 24.3 Å². The van der Waals surface area contributed by atoms with Crippen LogP contribution >= 0.6 is 0 Å². The van der Waals surface area contributed by atoms with Gasteiger partial charge in [-0.2, -0.15) is 0 Å². The van der Waals surface area contributed by atoms with Crippen LogP contribution in [0.1, 0.15) is 22.0 Å². The zero-order valence-corrected chi connectivity index (χ0v) is 11.5. The number of hydrogen-bond acceptors (Lipinski definition) is 3. The number of hydrogen-bond donors (Lipinski definition) is 3. The van der Waals surface area contributed by atoms with E-state index in [0.29, 0.717) is 5.56 Å². The van der Waals surface area contributed by atoms with E-state index in [1.165, 1.54) is 0 Å². The van der Waals surface area contributed by atoms with Gasteiger partial charge >= 0.3 is 0 Å². The molecule has 0 bridgehead atoms. The first kappa shape index (κ1) is 13.2. The van der Waals surface area contributed by atoms with Crippen LogP contribution in [0.25, 0.3) is 0 Å². The van der Waals surface area contributed by atoms with Crippen LogP contribution in [0.2, 0.25) is 0 Å². The van der Waals surface area contributed by atoms with Gasteiger partial charge in [0.05, 0.1) is 0 Å². The van der Waals surface area contributed by atoms with Crippen LogP contribution < -0.4 is 16.0 Å². The van der Waals surface area contributed by atoms with Gasteiger partial charge < -0.3 is 16.0 Å². The van der Waals surface area contributed by atoms with E-state index in [9.17, 15) is 9.59 Å². The fraction of sp³-hybridized carbons (Fsp3) is 0.125. The molecule has 2 amide bonds. The van der Waals surface area contributed by atoms with Crippen molar-refractivity contribution >= 4 is 23.2 Å². The van der Waals surface area contributed by atoms with Gasteiger partial charge in [-0.25, -0.2) is 0 Å². The molecule has 106 valence electrons. The molecule has 0 aliphatic carbocycles. The minimum Gasteiger partial charge on any atom is -0.370 e. The van der Waals surface area contributed by atoms with Crippen molar-refractivity contribution in [3.63, 3.8) is 0 Å². The van der Waals surface area contributed by atoms with Crippen LogP contribution in [-0.2, 0) is 4.79 Å². The number of para-hydroxylation sites is 1. The van der Waals surface area contributed by atoms with Crippen LogP contribution in [-0.4, -0.2) is 18.9 Å². The van der Waals surface area contributed by atoms with Crippen molar-refractivity contribution in [1.82, 2.24) is 5.32 Å². The van der Waals surface area contributed by atoms with Crippen molar-refractivity contribution < 1.29 is 9.59 Å². The third kappa shape index (κ3) is 2.45. The zero-order chi connectivity index (χ0) is 14.8. The first-order valence-electron chi connectivity index (χ1n) is 6.67. The highest BCUT2D eigenvalue weighted by atomic mass is 16.2. The summed E-state index contributed by atoms with van der Waals surface area (Å²) < 4.78 is 0. The maximum Gasteiger partial charge on any atom is 0.251 e. The lowest BCUT2D eigenvalue weighted by atomic mass is 10.1. The molecule has 5 heteroatoms. The summed E-state index contributed by atoms with van der Waals surface area (Å²) in [7, 11) is 1.59. The van der Waals surface area contributed by atoms with Crippen molar-refractivity contribution in [2.45, 2.75) is 6.04 Å². The Balaban J connectivity index is 1.81. The summed E-state index contributed by atoms with van der Waals surface area (Å²) >= 11 is 0. The van der Waals surface area contributed by atoms with E-state index < -0.39 is 6.04 Å². The topological polar surface area (TPSA) is 70.2 Å². The van der Waals surface area contributed by atoms with Crippen molar-refractivity contribution in [3.05, 3.63) is 59.7 Å². The summed E-state index contributed by atoms with van der Waals surface area (Å²) in [4.78, 5) is 23.5. The van der Waals surface area contributed by atoms with E-state index in [1.54, 1.807) is 31.3 Å². The molecule has 3 rings (SSSR count). The Morgan fingerprint density at radius 1 is 1.10 bits per heavy atom. The molecule has 1 atom stereocenters. The average molecular weight is 281 g/mol. The number of rotatable bonds is 3. The molecule has 1 aliphatic heterocycles. The fourth-order valence-corrected chi connectivity index (χ4v) is 2.38. The van der Waals surface area contributed by atoms with Crippen LogP contribution in [0.4, 0.5) is 11.4 Å². The van der Waals surface area contributed by atoms with Crippen molar-refractivity contribution in [3.8, 4) is 0 Å². The van der Waals surface area contributed by atoms with E-state index >= 15 is 0 Å². The molecule has 1 aliphatic rings. The highest BCUT2D eigenvalue weighted by Gasteiger charge is 2.29. The Morgan fingerprint density at radius 2 is 1.81 bits per heavy atom. The summed E-state index contributed by atoms with van der Waals surface area (Å²) in [5, 5.41) is 8.60. The number of carbonyl (C=O) groups is 2. The molecule has 0 fully saturated rings. The van der Waals surface area contributed by atoms with E-state index in [4.69, 9.17) is 0 Å². The highest BCUT2D eigenvalue weighted by Crippen LogP contribution is 2.32. The number of amides is 2. The second-order valence-corrected chi connectivity index (χ2v) is 4.81.